The number of hydrogen-bond donors (Lipinski definition) is 1. The number of nitrogens with zero attached hydrogens (tertiary/aromatic N) is 2. The van der Waals surface area contributed by atoms with Gasteiger partial charge in [-0.3, -0.25) is 0 Å². The molecule has 0 fully saturated rings. The second kappa shape index (κ2) is 5.47. The van der Waals surface area contributed by atoms with Gasteiger partial charge in [0.25, 0.3) is 0 Å². The van der Waals surface area contributed by atoms with Crippen molar-refractivity contribution in [2.45, 2.75) is 19.9 Å². The van der Waals surface area contributed by atoms with E-state index < -0.39 is 0 Å². The molecule has 0 amide bonds. The minimum atomic E-state index is 0.855. The summed E-state index contributed by atoms with van der Waals surface area (Å²) in [6.07, 6.45) is 2.91. The van der Waals surface area contributed by atoms with E-state index in [1.807, 2.05) is 36.1 Å². The van der Waals surface area contributed by atoms with E-state index in [1.54, 1.807) is 0 Å². The summed E-state index contributed by atoms with van der Waals surface area (Å²) in [5.74, 6) is 0. The highest BCUT2D eigenvalue weighted by molar-refractivity contribution is 9.10. The molecule has 4 heteroatoms. The molecule has 0 aliphatic heterocycles. The van der Waals surface area contributed by atoms with Crippen molar-refractivity contribution in [2.24, 2.45) is 0 Å². The highest BCUT2D eigenvalue weighted by atomic mass is 79.9. The van der Waals surface area contributed by atoms with E-state index in [2.05, 4.69) is 39.3 Å². The molecular weight excluding hydrogens is 278 g/mol. The summed E-state index contributed by atoms with van der Waals surface area (Å²) in [4.78, 5) is 0. The maximum Gasteiger partial charge on any atom is 0.0790 e. The molecular formula is C13H16BrN3. The van der Waals surface area contributed by atoms with Gasteiger partial charge in [-0.2, -0.15) is 5.10 Å². The van der Waals surface area contributed by atoms with Crippen LogP contribution in [0.2, 0.25) is 0 Å². The van der Waals surface area contributed by atoms with Crippen molar-refractivity contribution in [3.8, 4) is 5.69 Å². The van der Waals surface area contributed by atoms with E-state index in [9.17, 15) is 0 Å². The molecule has 0 aliphatic carbocycles. The first kappa shape index (κ1) is 12.3. The molecule has 2 aromatic rings. The van der Waals surface area contributed by atoms with Gasteiger partial charge >= 0.3 is 0 Å². The standard InChI is InChI=1S/C13H16BrN3/c1-3-12-10(8-15-2)9-16-17(12)13-7-5-4-6-11(13)14/h4-7,9,15H,3,8H2,1-2H3. The maximum absolute atomic E-state index is 4.48. The van der Waals surface area contributed by atoms with Crippen molar-refractivity contribution >= 4 is 15.9 Å². The number of halogens is 1. The van der Waals surface area contributed by atoms with Crippen LogP contribution in [0.4, 0.5) is 0 Å². The van der Waals surface area contributed by atoms with E-state index in [4.69, 9.17) is 0 Å². The molecule has 0 unspecified atom stereocenters. The number of benzene rings is 1. The van der Waals surface area contributed by atoms with Crippen LogP contribution in [0, 0.1) is 0 Å². The largest absolute Gasteiger partial charge is 0.316 e. The van der Waals surface area contributed by atoms with E-state index in [-0.39, 0.29) is 0 Å². The smallest absolute Gasteiger partial charge is 0.0790 e. The van der Waals surface area contributed by atoms with Crippen molar-refractivity contribution in [1.82, 2.24) is 15.1 Å². The summed E-state index contributed by atoms with van der Waals surface area (Å²) in [5, 5.41) is 7.66. The van der Waals surface area contributed by atoms with Crippen molar-refractivity contribution in [3.05, 3.63) is 46.2 Å². The first-order valence-electron chi connectivity index (χ1n) is 5.73. The molecule has 2 rings (SSSR count). The third-order valence-corrected chi connectivity index (χ3v) is 3.41. The predicted molar refractivity (Wildman–Crippen MR) is 73.4 cm³/mol. The summed E-state index contributed by atoms with van der Waals surface area (Å²) >= 11 is 3.57. The van der Waals surface area contributed by atoms with Gasteiger partial charge in [0.2, 0.25) is 0 Å². The average molecular weight is 294 g/mol. The number of nitrogens with one attached hydrogen (secondary N) is 1. The number of hydrogen-bond acceptors (Lipinski definition) is 2. The normalized spacial score (nSPS) is 10.8. The average Bonchev–Trinajstić information content (AvgIpc) is 2.73. The number of rotatable bonds is 4. The zero-order chi connectivity index (χ0) is 12.3. The molecule has 1 aromatic carbocycles. The predicted octanol–water partition coefficient (Wildman–Crippen LogP) is 2.92. The zero-order valence-electron chi connectivity index (χ0n) is 10.1. The highest BCUT2D eigenvalue weighted by Gasteiger charge is 2.11. The minimum absolute atomic E-state index is 0.855. The zero-order valence-corrected chi connectivity index (χ0v) is 11.7. The molecule has 1 N–H and O–H groups in total. The van der Waals surface area contributed by atoms with E-state index in [0.717, 1.165) is 23.1 Å². The second-order valence-electron chi connectivity index (χ2n) is 3.86. The summed E-state index contributed by atoms with van der Waals surface area (Å²) in [6.45, 7) is 3.01. The maximum atomic E-state index is 4.48. The fourth-order valence-corrected chi connectivity index (χ4v) is 2.41. The van der Waals surface area contributed by atoms with Crippen LogP contribution in [0.15, 0.2) is 34.9 Å². The first-order chi connectivity index (χ1) is 8.27. The Hall–Kier alpha value is -1.13. The molecule has 0 aliphatic rings. The van der Waals surface area contributed by atoms with Crippen LogP contribution in [0.5, 0.6) is 0 Å². The van der Waals surface area contributed by atoms with Crippen molar-refractivity contribution in [3.63, 3.8) is 0 Å². The minimum Gasteiger partial charge on any atom is -0.316 e. The summed E-state index contributed by atoms with van der Waals surface area (Å²) in [6, 6.07) is 8.14. The van der Waals surface area contributed by atoms with Gasteiger partial charge in [-0.15, -0.1) is 0 Å². The first-order valence-corrected chi connectivity index (χ1v) is 6.52. The highest BCUT2D eigenvalue weighted by Crippen LogP contribution is 2.23. The van der Waals surface area contributed by atoms with Gasteiger partial charge in [-0.25, -0.2) is 4.68 Å². The Balaban J connectivity index is 2.49. The van der Waals surface area contributed by atoms with Crippen LogP contribution in [0.3, 0.4) is 0 Å². The molecule has 0 radical (unpaired) electrons. The van der Waals surface area contributed by atoms with Crippen molar-refractivity contribution in [1.29, 1.82) is 0 Å². The molecule has 17 heavy (non-hydrogen) atoms. The van der Waals surface area contributed by atoms with Gasteiger partial charge in [0.1, 0.15) is 0 Å². The molecule has 0 saturated carbocycles. The molecule has 0 atom stereocenters. The summed E-state index contributed by atoms with van der Waals surface area (Å²) in [7, 11) is 1.95. The van der Waals surface area contributed by atoms with Crippen LogP contribution >= 0.6 is 15.9 Å². The number of aromatic nitrogens is 2. The van der Waals surface area contributed by atoms with Crippen LogP contribution in [0.25, 0.3) is 5.69 Å². The molecule has 1 heterocycles. The third-order valence-electron chi connectivity index (χ3n) is 2.74. The van der Waals surface area contributed by atoms with Gasteiger partial charge < -0.3 is 5.32 Å². The molecule has 1 aromatic heterocycles. The van der Waals surface area contributed by atoms with Crippen LogP contribution in [-0.4, -0.2) is 16.8 Å². The third kappa shape index (κ3) is 2.42. The summed E-state index contributed by atoms with van der Waals surface area (Å²) in [5.41, 5.74) is 3.60. The molecule has 3 nitrogen and oxygen atoms in total. The van der Waals surface area contributed by atoms with Crippen molar-refractivity contribution in [2.75, 3.05) is 7.05 Å². The SMILES string of the molecule is CCc1c(CNC)cnn1-c1ccccc1Br. The topological polar surface area (TPSA) is 29.9 Å². The van der Waals surface area contributed by atoms with Crippen molar-refractivity contribution < 1.29 is 0 Å². The van der Waals surface area contributed by atoms with Crippen LogP contribution in [-0.2, 0) is 13.0 Å². The Morgan fingerprint density at radius 2 is 2.12 bits per heavy atom. The van der Waals surface area contributed by atoms with Gasteiger partial charge in [0.05, 0.1) is 11.9 Å². The number of para-hydroxylation sites is 1. The quantitative estimate of drug-likeness (QED) is 0.939. The Kier molecular flexibility index (Phi) is 3.97. The van der Waals surface area contributed by atoms with Crippen LogP contribution < -0.4 is 5.32 Å². The summed E-state index contributed by atoms with van der Waals surface area (Å²) < 4.78 is 3.07. The molecule has 0 spiro atoms. The Labute approximate surface area is 110 Å². The monoisotopic (exact) mass is 293 g/mol. The van der Waals surface area contributed by atoms with E-state index in [1.165, 1.54) is 11.3 Å². The molecule has 0 bridgehead atoms. The fourth-order valence-electron chi connectivity index (χ4n) is 1.95. The Morgan fingerprint density at radius 1 is 1.35 bits per heavy atom. The van der Waals surface area contributed by atoms with Gasteiger partial charge in [-0.1, -0.05) is 19.1 Å². The Morgan fingerprint density at radius 3 is 2.76 bits per heavy atom. The van der Waals surface area contributed by atoms with E-state index in [0.29, 0.717) is 0 Å². The molecule has 0 saturated heterocycles. The Bertz CT molecular complexity index is 505. The van der Waals surface area contributed by atoms with Gasteiger partial charge in [-0.05, 0) is 41.5 Å². The molecule has 90 valence electrons. The van der Waals surface area contributed by atoms with Crippen LogP contribution in [0.1, 0.15) is 18.2 Å². The second-order valence-corrected chi connectivity index (χ2v) is 4.72. The lowest BCUT2D eigenvalue weighted by atomic mass is 10.2. The lowest BCUT2D eigenvalue weighted by molar-refractivity contribution is 0.778. The van der Waals surface area contributed by atoms with Gasteiger partial charge in [0, 0.05) is 22.3 Å². The lowest BCUT2D eigenvalue weighted by Crippen LogP contribution is -2.08. The van der Waals surface area contributed by atoms with E-state index >= 15 is 0 Å². The lowest BCUT2D eigenvalue weighted by Gasteiger charge is -2.09. The fraction of sp³-hybridized carbons (Fsp3) is 0.308. The van der Waals surface area contributed by atoms with Gasteiger partial charge in [0.15, 0.2) is 0 Å².